The number of hydrogen-bond donors (Lipinski definition) is 1. The van der Waals surface area contributed by atoms with Crippen LogP contribution in [-0.2, 0) is 14.3 Å². The molecule has 3 unspecified atom stereocenters. The van der Waals surface area contributed by atoms with E-state index in [1.807, 2.05) is 0 Å². The van der Waals surface area contributed by atoms with Gasteiger partial charge >= 0.3 is 12.1 Å². The molecule has 2 aliphatic heterocycles. The molecule has 21 heavy (non-hydrogen) atoms. The highest BCUT2D eigenvalue weighted by molar-refractivity contribution is 5.83. The number of carboxylic acid groups (broad SMARTS) is 1. The van der Waals surface area contributed by atoms with Crippen LogP contribution < -0.4 is 0 Å². The molecule has 1 amide bonds. The predicted molar refractivity (Wildman–Crippen MR) is 65.4 cm³/mol. The van der Waals surface area contributed by atoms with E-state index in [0.29, 0.717) is 6.42 Å². The summed E-state index contributed by atoms with van der Waals surface area (Å²) in [6.07, 6.45) is -4.87. The van der Waals surface area contributed by atoms with Crippen molar-refractivity contribution >= 4 is 11.9 Å². The van der Waals surface area contributed by atoms with E-state index in [1.165, 1.54) is 0 Å². The van der Waals surface area contributed by atoms with E-state index in [1.54, 1.807) is 13.8 Å². The SMILES string of the molecule is CC1CC(C)C(C(=O)N2C[C@@H](C(F)(F)F)[C@H](C(=O)O)C2)O1. The van der Waals surface area contributed by atoms with E-state index in [9.17, 15) is 22.8 Å². The zero-order valence-corrected chi connectivity index (χ0v) is 11.8. The molecule has 0 aliphatic carbocycles. The Labute approximate surface area is 120 Å². The second kappa shape index (κ2) is 5.47. The number of hydrogen-bond acceptors (Lipinski definition) is 3. The highest BCUT2D eigenvalue weighted by Crippen LogP contribution is 2.39. The van der Waals surface area contributed by atoms with Crippen LogP contribution in [0.1, 0.15) is 20.3 Å². The minimum absolute atomic E-state index is 0.0827. The third kappa shape index (κ3) is 3.14. The molecule has 2 heterocycles. The molecule has 0 radical (unpaired) electrons. The number of ether oxygens (including phenoxy) is 1. The maximum absolute atomic E-state index is 12.9. The largest absolute Gasteiger partial charge is 0.481 e. The second-order valence-electron chi connectivity index (χ2n) is 5.92. The lowest BCUT2D eigenvalue weighted by Gasteiger charge is -2.23. The molecule has 8 heteroatoms. The summed E-state index contributed by atoms with van der Waals surface area (Å²) in [5, 5.41) is 8.94. The topological polar surface area (TPSA) is 66.8 Å². The standard InChI is InChI=1S/C13H18F3NO4/c1-6-3-7(2)21-10(6)11(18)17-4-8(12(19)20)9(5-17)13(14,15)16/h6-10H,3-5H2,1-2H3,(H,19,20)/t6?,7?,8-,9-,10?/m1/s1. The van der Waals surface area contributed by atoms with Crippen LogP contribution in [0.15, 0.2) is 0 Å². The highest BCUT2D eigenvalue weighted by Gasteiger charge is 2.54. The first-order valence-electron chi connectivity index (χ1n) is 6.85. The zero-order valence-electron chi connectivity index (χ0n) is 11.8. The Bertz CT molecular complexity index is 440. The third-order valence-electron chi connectivity index (χ3n) is 4.21. The van der Waals surface area contributed by atoms with Gasteiger partial charge in [-0.1, -0.05) is 6.92 Å². The summed E-state index contributed by atoms with van der Waals surface area (Å²) in [6, 6.07) is 0. The molecule has 0 saturated carbocycles. The summed E-state index contributed by atoms with van der Waals surface area (Å²) < 4.78 is 44.1. The van der Waals surface area contributed by atoms with Crippen LogP contribution in [0.3, 0.4) is 0 Å². The van der Waals surface area contributed by atoms with Crippen molar-refractivity contribution in [2.24, 2.45) is 17.8 Å². The molecular formula is C13H18F3NO4. The summed E-state index contributed by atoms with van der Waals surface area (Å²) in [5.41, 5.74) is 0. The summed E-state index contributed by atoms with van der Waals surface area (Å²) in [6.45, 7) is 2.57. The number of likely N-dealkylation sites (tertiary alicyclic amines) is 1. The fourth-order valence-electron chi connectivity index (χ4n) is 3.13. The van der Waals surface area contributed by atoms with E-state index in [-0.39, 0.29) is 12.0 Å². The Kier molecular flexibility index (Phi) is 4.19. The number of carbonyl (C=O) groups excluding carboxylic acids is 1. The van der Waals surface area contributed by atoms with Gasteiger partial charge in [0.1, 0.15) is 6.10 Å². The highest BCUT2D eigenvalue weighted by atomic mass is 19.4. The molecule has 2 fully saturated rings. The van der Waals surface area contributed by atoms with Crippen molar-refractivity contribution in [3.05, 3.63) is 0 Å². The molecule has 120 valence electrons. The molecular weight excluding hydrogens is 291 g/mol. The van der Waals surface area contributed by atoms with Gasteiger partial charge in [-0.2, -0.15) is 13.2 Å². The maximum atomic E-state index is 12.9. The van der Waals surface area contributed by atoms with Gasteiger partial charge in [-0.3, -0.25) is 9.59 Å². The van der Waals surface area contributed by atoms with Crippen LogP contribution in [0, 0.1) is 17.8 Å². The number of carbonyl (C=O) groups is 2. The van der Waals surface area contributed by atoms with Gasteiger partial charge in [0.05, 0.1) is 17.9 Å². The number of carboxylic acids is 1. The fourth-order valence-corrected chi connectivity index (χ4v) is 3.13. The molecule has 0 spiro atoms. The van der Waals surface area contributed by atoms with Crippen LogP contribution >= 0.6 is 0 Å². The van der Waals surface area contributed by atoms with Crippen molar-refractivity contribution < 1.29 is 32.6 Å². The molecule has 2 saturated heterocycles. The molecule has 5 atom stereocenters. The normalized spacial score (nSPS) is 37.0. The summed E-state index contributed by atoms with van der Waals surface area (Å²) in [5.74, 6) is -5.77. The van der Waals surface area contributed by atoms with Gasteiger partial charge in [-0.15, -0.1) is 0 Å². The third-order valence-corrected chi connectivity index (χ3v) is 4.21. The minimum Gasteiger partial charge on any atom is -0.481 e. The van der Waals surface area contributed by atoms with Crippen molar-refractivity contribution in [2.45, 2.75) is 38.7 Å². The molecule has 1 N–H and O–H groups in total. The number of amides is 1. The number of rotatable bonds is 2. The Hall–Kier alpha value is -1.31. The first-order valence-corrected chi connectivity index (χ1v) is 6.85. The molecule has 0 bridgehead atoms. The Morgan fingerprint density at radius 2 is 1.86 bits per heavy atom. The van der Waals surface area contributed by atoms with Crippen LogP contribution in [0.2, 0.25) is 0 Å². The molecule has 0 aromatic heterocycles. The minimum atomic E-state index is -4.63. The molecule has 0 aromatic rings. The van der Waals surface area contributed by atoms with E-state index in [0.717, 1.165) is 4.90 Å². The molecule has 0 aromatic carbocycles. The first-order chi connectivity index (χ1) is 9.61. The van der Waals surface area contributed by atoms with Crippen molar-refractivity contribution in [2.75, 3.05) is 13.1 Å². The lowest BCUT2D eigenvalue weighted by atomic mass is 9.96. The molecule has 2 rings (SSSR count). The average molecular weight is 309 g/mol. The van der Waals surface area contributed by atoms with E-state index in [2.05, 4.69) is 0 Å². The maximum Gasteiger partial charge on any atom is 0.394 e. The van der Waals surface area contributed by atoms with E-state index in [4.69, 9.17) is 9.84 Å². The van der Waals surface area contributed by atoms with Crippen LogP contribution in [0.25, 0.3) is 0 Å². The van der Waals surface area contributed by atoms with E-state index >= 15 is 0 Å². The average Bonchev–Trinajstić information content (AvgIpc) is 2.91. The zero-order chi connectivity index (χ0) is 15.9. The second-order valence-corrected chi connectivity index (χ2v) is 5.92. The van der Waals surface area contributed by atoms with Gasteiger partial charge in [0.2, 0.25) is 0 Å². The fraction of sp³-hybridized carbons (Fsp3) is 0.846. The van der Waals surface area contributed by atoms with E-state index < -0.39 is 49.1 Å². The van der Waals surface area contributed by atoms with Gasteiger partial charge in [-0.25, -0.2) is 0 Å². The van der Waals surface area contributed by atoms with Crippen LogP contribution in [0.5, 0.6) is 0 Å². The van der Waals surface area contributed by atoms with Crippen molar-refractivity contribution in [3.8, 4) is 0 Å². The van der Waals surface area contributed by atoms with Gasteiger partial charge in [0.25, 0.3) is 5.91 Å². The number of nitrogens with zero attached hydrogens (tertiary/aromatic N) is 1. The Morgan fingerprint density at radius 3 is 2.24 bits per heavy atom. The predicted octanol–water partition coefficient (Wildman–Crippen LogP) is 1.52. The van der Waals surface area contributed by atoms with Crippen molar-refractivity contribution in [3.63, 3.8) is 0 Å². The van der Waals surface area contributed by atoms with Crippen LogP contribution in [-0.4, -0.2) is 53.4 Å². The Balaban J connectivity index is 2.12. The van der Waals surface area contributed by atoms with Gasteiger partial charge in [0.15, 0.2) is 0 Å². The monoisotopic (exact) mass is 309 g/mol. The quantitative estimate of drug-likeness (QED) is 0.840. The van der Waals surface area contributed by atoms with Gasteiger partial charge < -0.3 is 14.7 Å². The van der Waals surface area contributed by atoms with Crippen molar-refractivity contribution in [1.82, 2.24) is 4.90 Å². The first kappa shape index (κ1) is 16.1. The van der Waals surface area contributed by atoms with Gasteiger partial charge in [-0.05, 0) is 19.3 Å². The van der Waals surface area contributed by atoms with Crippen LogP contribution in [0.4, 0.5) is 13.2 Å². The summed E-state index contributed by atoms with van der Waals surface area (Å²) >= 11 is 0. The number of halogens is 3. The lowest BCUT2D eigenvalue weighted by molar-refractivity contribution is -0.188. The van der Waals surface area contributed by atoms with Gasteiger partial charge in [0, 0.05) is 13.1 Å². The summed E-state index contributed by atoms with van der Waals surface area (Å²) in [7, 11) is 0. The lowest BCUT2D eigenvalue weighted by Crippen LogP contribution is -2.41. The Morgan fingerprint density at radius 1 is 1.24 bits per heavy atom. The molecule has 2 aliphatic rings. The number of alkyl halides is 3. The number of aliphatic carboxylic acids is 1. The summed E-state index contributed by atoms with van der Waals surface area (Å²) in [4.78, 5) is 24.3. The van der Waals surface area contributed by atoms with Crippen molar-refractivity contribution in [1.29, 1.82) is 0 Å². The molecule has 5 nitrogen and oxygen atoms in total. The smallest absolute Gasteiger partial charge is 0.394 e.